The Hall–Kier alpha value is -2.28. The van der Waals surface area contributed by atoms with Gasteiger partial charge >= 0.3 is 12.2 Å². The highest BCUT2D eigenvalue weighted by molar-refractivity contribution is 5.69. The number of rotatable bonds is 4. The second-order valence-corrected chi connectivity index (χ2v) is 9.14. The molecule has 7 nitrogen and oxygen atoms in total. The molecule has 2 amide bonds. The first-order valence-electron chi connectivity index (χ1n) is 10.3. The van der Waals surface area contributed by atoms with E-state index in [0.29, 0.717) is 0 Å². The van der Waals surface area contributed by atoms with E-state index in [0.717, 1.165) is 31.2 Å². The molecule has 1 aromatic carbocycles. The lowest BCUT2D eigenvalue weighted by Crippen LogP contribution is -2.70. The topological polar surface area (TPSA) is 88.1 Å². The number of amides is 2. The van der Waals surface area contributed by atoms with Gasteiger partial charge in [0.15, 0.2) is 0 Å². The Morgan fingerprint density at radius 2 is 1.83 bits per heavy atom. The summed E-state index contributed by atoms with van der Waals surface area (Å²) in [5.41, 5.74) is -0.655. The van der Waals surface area contributed by atoms with Gasteiger partial charge in [-0.3, -0.25) is 0 Å². The van der Waals surface area contributed by atoms with Crippen LogP contribution >= 0.6 is 0 Å². The lowest BCUT2D eigenvalue weighted by Gasteiger charge is -2.53. The maximum absolute atomic E-state index is 12.3. The highest BCUT2D eigenvalue weighted by Gasteiger charge is 2.53. The van der Waals surface area contributed by atoms with Gasteiger partial charge in [-0.05, 0) is 39.2 Å². The zero-order valence-corrected chi connectivity index (χ0v) is 17.5. The molecule has 29 heavy (non-hydrogen) atoms. The van der Waals surface area contributed by atoms with Gasteiger partial charge in [-0.1, -0.05) is 43.2 Å². The maximum Gasteiger partial charge on any atom is 0.410 e. The zero-order valence-electron chi connectivity index (χ0n) is 17.5. The first-order chi connectivity index (χ1) is 13.7. The minimum Gasteiger partial charge on any atom is -0.445 e. The Kier molecular flexibility index (Phi) is 6.36. The van der Waals surface area contributed by atoms with Crippen molar-refractivity contribution in [3.8, 4) is 0 Å². The predicted molar refractivity (Wildman–Crippen MR) is 108 cm³/mol. The van der Waals surface area contributed by atoms with Crippen LogP contribution in [-0.4, -0.2) is 52.5 Å². The minimum atomic E-state index is -1.01. The molecule has 160 valence electrons. The fourth-order valence-corrected chi connectivity index (χ4v) is 4.19. The number of likely N-dealkylation sites (tertiary alicyclic amines) is 1. The first kappa shape index (κ1) is 21.4. The number of β-amino-alcohol motifs (C(OH)–C–C–N with tert-alkyl or cyclic N) is 1. The van der Waals surface area contributed by atoms with E-state index in [-0.39, 0.29) is 31.7 Å². The summed E-state index contributed by atoms with van der Waals surface area (Å²) >= 11 is 0. The summed E-state index contributed by atoms with van der Waals surface area (Å²) in [7, 11) is 0. The number of aliphatic hydroxyl groups is 1. The highest BCUT2D eigenvalue weighted by atomic mass is 16.6. The molecule has 3 rings (SSSR count). The molecule has 2 aliphatic rings. The second-order valence-electron chi connectivity index (χ2n) is 9.14. The molecule has 2 atom stereocenters. The fourth-order valence-electron chi connectivity index (χ4n) is 4.19. The maximum atomic E-state index is 12.3. The van der Waals surface area contributed by atoms with Gasteiger partial charge < -0.3 is 24.8 Å². The molecule has 7 heteroatoms. The van der Waals surface area contributed by atoms with Gasteiger partial charge in [0, 0.05) is 12.0 Å². The molecule has 1 saturated heterocycles. The van der Waals surface area contributed by atoms with Crippen LogP contribution in [0, 0.1) is 5.92 Å². The van der Waals surface area contributed by atoms with Crippen LogP contribution in [0.5, 0.6) is 0 Å². The van der Waals surface area contributed by atoms with Crippen LogP contribution < -0.4 is 5.32 Å². The molecule has 1 heterocycles. The number of benzene rings is 1. The molecule has 0 bridgehead atoms. The summed E-state index contributed by atoms with van der Waals surface area (Å²) < 4.78 is 10.7. The molecule has 0 aromatic heterocycles. The van der Waals surface area contributed by atoms with E-state index in [9.17, 15) is 14.7 Å². The fraction of sp³-hybridized carbons (Fsp3) is 0.636. The van der Waals surface area contributed by atoms with Crippen molar-refractivity contribution in [3.63, 3.8) is 0 Å². The van der Waals surface area contributed by atoms with Crippen molar-refractivity contribution in [1.29, 1.82) is 0 Å². The van der Waals surface area contributed by atoms with Crippen molar-refractivity contribution in [3.05, 3.63) is 35.9 Å². The minimum absolute atomic E-state index is 0.109. The standard InChI is InChI=1S/C22H32N2O5/c1-21(2,3)29-19(25)23-18-12-8-7-11-17(18)22(27)14-24(15-22)20(26)28-13-16-9-5-4-6-10-16/h4-6,9-10,17-18,27H,7-8,11-15H2,1-3H3,(H,23,25)/t17-,18-/m1/s1. The summed E-state index contributed by atoms with van der Waals surface area (Å²) in [6.07, 6.45) is 2.71. The van der Waals surface area contributed by atoms with Crippen LogP contribution in [0.25, 0.3) is 0 Å². The predicted octanol–water partition coefficient (Wildman–Crippen LogP) is 3.45. The van der Waals surface area contributed by atoms with Crippen LogP contribution in [0.2, 0.25) is 0 Å². The molecule has 2 fully saturated rings. The van der Waals surface area contributed by atoms with E-state index < -0.39 is 23.4 Å². The van der Waals surface area contributed by atoms with Gasteiger partial charge in [-0.25, -0.2) is 9.59 Å². The normalized spacial score (nSPS) is 23.7. The number of carbonyl (C=O) groups is 2. The lowest BCUT2D eigenvalue weighted by atomic mass is 9.70. The Bertz CT molecular complexity index is 710. The largest absolute Gasteiger partial charge is 0.445 e. The van der Waals surface area contributed by atoms with Crippen LogP contribution in [-0.2, 0) is 16.1 Å². The van der Waals surface area contributed by atoms with Gasteiger partial charge in [-0.2, -0.15) is 0 Å². The molecule has 0 spiro atoms. The Labute approximate surface area is 172 Å². The molecule has 1 aliphatic heterocycles. The van der Waals surface area contributed by atoms with Gasteiger partial charge in [0.05, 0.1) is 13.1 Å². The number of alkyl carbamates (subject to hydrolysis) is 1. The number of ether oxygens (including phenoxy) is 2. The number of nitrogens with one attached hydrogen (secondary N) is 1. The van der Waals surface area contributed by atoms with Crippen LogP contribution in [0.3, 0.4) is 0 Å². The summed E-state index contributed by atoms with van der Waals surface area (Å²) in [4.78, 5) is 26.0. The summed E-state index contributed by atoms with van der Waals surface area (Å²) in [5, 5.41) is 14.0. The van der Waals surface area contributed by atoms with Gasteiger partial charge in [-0.15, -0.1) is 0 Å². The molecule has 0 radical (unpaired) electrons. The van der Waals surface area contributed by atoms with Gasteiger partial charge in [0.1, 0.15) is 17.8 Å². The molecular formula is C22H32N2O5. The smallest absolute Gasteiger partial charge is 0.410 e. The van der Waals surface area contributed by atoms with Crippen LogP contribution in [0.1, 0.15) is 52.0 Å². The lowest BCUT2D eigenvalue weighted by molar-refractivity contribution is -0.140. The third-order valence-electron chi connectivity index (χ3n) is 5.55. The van der Waals surface area contributed by atoms with Gasteiger partial charge in [0.25, 0.3) is 0 Å². The SMILES string of the molecule is CC(C)(C)OC(=O)N[C@@H]1CCCC[C@H]1C1(O)CN(C(=O)OCc2ccccc2)C1. The number of nitrogens with zero attached hydrogens (tertiary/aromatic N) is 1. The summed E-state index contributed by atoms with van der Waals surface area (Å²) in [5.74, 6) is -0.109. The van der Waals surface area contributed by atoms with Crippen molar-refractivity contribution >= 4 is 12.2 Å². The van der Waals surface area contributed by atoms with E-state index in [4.69, 9.17) is 9.47 Å². The van der Waals surface area contributed by atoms with E-state index in [2.05, 4.69) is 5.32 Å². The number of hydrogen-bond acceptors (Lipinski definition) is 5. The van der Waals surface area contributed by atoms with Crippen LogP contribution in [0.4, 0.5) is 9.59 Å². The zero-order chi connectivity index (χ0) is 21.1. The Balaban J connectivity index is 1.52. The van der Waals surface area contributed by atoms with E-state index in [1.54, 1.807) is 0 Å². The molecule has 1 aliphatic carbocycles. The molecular weight excluding hydrogens is 372 g/mol. The molecule has 1 aromatic rings. The van der Waals surface area contributed by atoms with Crippen molar-refractivity contribution in [2.24, 2.45) is 5.92 Å². The third kappa shape index (κ3) is 5.63. The van der Waals surface area contributed by atoms with E-state index in [1.807, 2.05) is 51.1 Å². The van der Waals surface area contributed by atoms with Crippen molar-refractivity contribution < 1.29 is 24.2 Å². The van der Waals surface area contributed by atoms with Crippen molar-refractivity contribution in [2.45, 2.75) is 70.3 Å². The second kappa shape index (κ2) is 8.61. The highest BCUT2D eigenvalue weighted by Crippen LogP contribution is 2.39. The number of carbonyl (C=O) groups excluding carboxylic acids is 2. The Morgan fingerprint density at radius 1 is 1.17 bits per heavy atom. The van der Waals surface area contributed by atoms with E-state index >= 15 is 0 Å². The van der Waals surface area contributed by atoms with Crippen molar-refractivity contribution in [1.82, 2.24) is 10.2 Å². The van der Waals surface area contributed by atoms with E-state index in [1.165, 1.54) is 4.90 Å². The molecule has 2 N–H and O–H groups in total. The van der Waals surface area contributed by atoms with Gasteiger partial charge in [0.2, 0.25) is 0 Å². The summed E-state index contributed by atoms with van der Waals surface area (Å²) in [6, 6.07) is 9.33. The molecule has 0 unspecified atom stereocenters. The third-order valence-corrected chi connectivity index (χ3v) is 5.55. The van der Waals surface area contributed by atoms with Crippen LogP contribution in [0.15, 0.2) is 30.3 Å². The average Bonchev–Trinajstić information content (AvgIpc) is 2.63. The molecule has 1 saturated carbocycles. The average molecular weight is 405 g/mol. The number of hydrogen-bond donors (Lipinski definition) is 2. The first-order valence-corrected chi connectivity index (χ1v) is 10.3. The Morgan fingerprint density at radius 3 is 2.48 bits per heavy atom. The quantitative estimate of drug-likeness (QED) is 0.802. The monoisotopic (exact) mass is 404 g/mol. The summed E-state index contributed by atoms with van der Waals surface area (Å²) in [6.45, 7) is 6.12. The van der Waals surface area contributed by atoms with Crippen molar-refractivity contribution in [2.75, 3.05) is 13.1 Å².